The first-order chi connectivity index (χ1) is 9.22. The number of carbonyl (C=O) groups excluding carboxylic acids is 2. The van der Waals surface area contributed by atoms with Gasteiger partial charge < -0.3 is 9.47 Å². The molecule has 4 heteroatoms. The van der Waals surface area contributed by atoms with Gasteiger partial charge in [-0.05, 0) is 37.0 Å². The number of hydrogen-bond donors (Lipinski definition) is 0. The van der Waals surface area contributed by atoms with Crippen molar-refractivity contribution in [2.75, 3.05) is 6.79 Å². The van der Waals surface area contributed by atoms with E-state index in [4.69, 9.17) is 9.47 Å². The van der Waals surface area contributed by atoms with Crippen molar-refractivity contribution in [1.29, 1.82) is 0 Å². The number of benzene rings is 1. The van der Waals surface area contributed by atoms with Gasteiger partial charge in [0.1, 0.15) is 5.78 Å². The summed E-state index contributed by atoms with van der Waals surface area (Å²) >= 11 is 0. The average Bonchev–Trinajstić information content (AvgIpc) is 2.85. The predicted molar refractivity (Wildman–Crippen MR) is 68.5 cm³/mol. The van der Waals surface area contributed by atoms with Crippen molar-refractivity contribution in [2.45, 2.75) is 32.1 Å². The first-order valence-electron chi connectivity index (χ1n) is 6.67. The van der Waals surface area contributed by atoms with Crippen LogP contribution >= 0.6 is 0 Å². The topological polar surface area (TPSA) is 52.6 Å². The Morgan fingerprint density at radius 1 is 1.26 bits per heavy atom. The van der Waals surface area contributed by atoms with Crippen molar-refractivity contribution in [3.63, 3.8) is 0 Å². The third-order valence-electron chi connectivity index (χ3n) is 3.75. The second-order valence-corrected chi connectivity index (χ2v) is 5.20. The number of ketones is 2. The van der Waals surface area contributed by atoms with Crippen LogP contribution in [0.5, 0.6) is 11.5 Å². The lowest BCUT2D eigenvalue weighted by Crippen LogP contribution is -2.18. The first-order valence-corrected chi connectivity index (χ1v) is 6.67. The Bertz CT molecular complexity index is 521. The van der Waals surface area contributed by atoms with E-state index >= 15 is 0 Å². The Kier molecular flexibility index (Phi) is 3.23. The molecule has 1 saturated carbocycles. The highest BCUT2D eigenvalue weighted by Crippen LogP contribution is 2.33. The lowest BCUT2D eigenvalue weighted by molar-refractivity contribution is -0.121. The fraction of sp³-hybridized carbons (Fsp3) is 0.467. The van der Waals surface area contributed by atoms with Gasteiger partial charge in [-0.2, -0.15) is 0 Å². The number of rotatable bonds is 3. The number of ether oxygens (including phenoxy) is 2. The average molecular weight is 260 g/mol. The van der Waals surface area contributed by atoms with E-state index in [0.717, 1.165) is 12.8 Å². The van der Waals surface area contributed by atoms with Crippen LogP contribution in [-0.4, -0.2) is 18.4 Å². The van der Waals surface area contributed by atoms with E-state index in [1.165, 1.54) is 0 Å². The van der Waals surface area contributed by atoms with Gasteiger partial charge in [-0.1, -0.05) is 0 Å². The van der Waals surface area contributed by atoms with Gasteiger partial charge in [0, 0.05) is 24.8 Å². The van der Waals surface area contributed by atoms with Gasteiger partial charge in [-0.25, -0.2) is 0 Å². The number of Topliss-reactive ketones (excluding diaryl/α,β-unsaturated/α-hetero) is 2. The van der Waals surface area contributed by atoms with Gasteiger partial charge in [0.15, 0.2) is 17.3 Å². The van der Waals surface area contributed by atoms with E-state index in [2.05, 4.69) is 0 Å². The number of carbonyl (C=O) groups is 2. The molecule has 1 aromatic rings. The van der Waals surface area contributed by atoms with Crippen LogP contribution < -0.4 is 9.47 Å². The third-order valence-corrected chi connectivity index (χ3v) is 3.75. The molecule has 2 aliphatic rings. The van der Waals surface area contributed by atoms with Gasteiger partial charge >= 0.3 is 0 Å². The Hall–Kier alpha value is -1.84. The van der Waals surface area contributed by atoms with Crippen molar-refractivity contribution >= 4 is 11.6 Å². The van der Waals surface area contributed by atoms with E-state index in [9.17, 15) is 9.59 Å². The minimum absolute atomic E-state index is 0.0815. The summed E-state index contributed by atoms with van der Waals surface area (Å²) in [6.07, 6.45) is 3.57. The lowest BCUT2D eigenvalue weighted by atomic mass is 9.84. The lowest BCUT2D eigenvalue weighted by Gasteiger charge is -2.19. The van der Waals surface area contributed by atoms with Crippen LogP contribution in [0.2, 0.25) is 0 Å². The SMILES string of the molecule is O=C1CCCC(CC(=O)c2ccc3c(c2)OCO3)C1. The highest BCUT2D eigenvalue weighted by molar-refractivity contribution is 5.97. The molecule has 0 spiro atoms. The van der Waals surface area contributed by atoms with Crippen LogP contribution in [0.3, 0.4) is 0 Å². The molecule has 0 radical (unpaired) electrons. The summed E-state index contributed by atoms with van der Waals surface area (Å²) < 4.78 is 10.5. The van der Waals surface area contributed by atoms with Crippen molar-refractivity contribution in [3.05, 3.63) is 23.8 Å². The van der Waals surface area contributed by atoms with E-state index in [1.807, 2.05) is 0 Å². The Balaban J connectivity index is 1.68. The molecule has 1 atom stereocenters. The second-order valence-electron chi connectivity index (χ2n) is 5.20. The Morgan fingerprint density at radius 3 is 2.95 bits per heavy atom. The molecule has 1 fully saturated rings. The zero-order valence-corrected chi connectivity index (χ0v) is 10.7. The summed E-state index contributed by atoms with van der Waals surface area (Å²) in [5.74, 6) is 1.89. The summed E-state index contributed by atoms with van der Waals surface area (Å²) in [6, 6.07) is 5.26. The molecule has 0 N–H and O–H groups in total. The highest BCUT2D eigenvalue weighted by atomic mass is 16.7. The molecule has 0 aromatic heterocycles. The summed E-state index contributed by atoms with van der Waals surface area (Å²) in [6.45, 7) is 0.212. The molecule has 1 aliphatic heterocycles. The molecule has 0 saturated heterocycles. The minimum Gasteiger partial charge on any atom is -0.454 e. The van der Waals surface area contributed by atoms with Crippen molar-refractivity contribution < 1.29 is 19.1 Å². The highest BCUT2D eigenvalue weighted by Gasteiger charge is 2.23. The van der Waals surface area contributed by atoms with Gasteiger partial charge in [0.05, 0.1) is 0 Å². The van der Waals surface area contributed by atoms with Gasteiger partial charge in [0.25, 0.3) is 0 Å². The zero-order valence-electron chi connectivity index (χ0n) is 10.7. The summed E-state index contributed by atoms with van der Waals surface area (Å²) in [7, 11) is 0. The number of hydrogen-bond acceptors (Lipinski definition) is 4. The van der Waals surface area contributed by atoms with Gasteiger partial charge in [-0.15, -0.1) is 0 Å². The van der Waals surface area contributed by atoms with Gasteiger partial charge in [0.2, 0.25) is 6.79 Å². The van der Waals surface area contributed by atoms with Crippen molar-refractivity contribution in [2.24, 2.45) is 5.92 Å². The van der Waals surface area contributed by atoms with Crippen LogP contribution in [-0.2, 0) is 4.79 Å². The summed E-state index contributed by atoms with van der Waals surface area (Å²) in [4.78, 5) is 23.6. The molecular weight excluding hydrogens is 244 g/mol. The standard InChI is InChI=1S/C15H16O4/c16-12-3-1-2-10(6-12)7-13(17)11-4-5-14-15(8-11)19-9-18-14/h4-5,8,10H,1-3,6-7,9H2. The molecule has 4 nitrogen and oxygen atoms in total. The van der Waals surface area contributed by atoms with Crippen LogP contribution in [0, 0.1) is 5.92 Å². The molecular formula is C15H16O4. The molecule has 1 aliphatic carbocycles. The Morgan fingerprint density at radius 2 is 2.11 bits per heavy atom. The van der Waals surface area contributed by atoms with Crippen LogP contribution in [0.1, 0.15) is 42.5 Å². The first kappa shape index (κ1) is 12.2. The largest absolute Gasteiger partial charge is 0.454 e. The van der Waals surface area contributed by atoms with E-state index in [0.29, 0.717) is 36.3 Å². The molecule has 0 amide bonds. The second kappa shape index (κ2) is 5.03. The molecule has 100 valence electrons. The maximum atomic E-state index is 12.2. The fourth-order valence-corrected chi connectivity index (χ4v) is 2.74. The summed E-state index contributed by atoms with van der Waals surface area (Å²) in [5, 5.41) is 0. The molecule has 19 heavy (non-hydrogen) atoms. The molecule has 3 rings (SSSR count). The van der Waals surface area contributed by atoms with Gasteiger partial charge in [-0.3, -0.25) is 9.59 Å². The van der Waals surface area contributed by atoms with Crippen LogP contribution in [0.15, 0.2) is 18.2 Å². The number of fused-ring (bicyclic) bond motifs is 1. The maximum Gasteiger partial charge on any atom is 0.231 e. The molecule has 1 heterocycles. The van der Waals surface area contributed by atoms with Crippen molar-refractivity contribution in [1.82, 2.24) is 0 Å². The van der Waals surface area contributed by atoms with E-state index in [1.54, 1.807) is 18.2 Å². The van der Waals surface area contributed by atoms with Crippen LogP contribution in [0.4, 0.5) is 0 Å². The van der Waals surface area contributed by atoms with E-state index < -0.39 is 0 Å². The quantitative estimate of drug-likeness (QED) is 0.784. The maximum absolute atomic E-state index is 12.2. The molecule has 1 unspecified atom stereocenters. The van der Waals surface area contributed by atoms with Crippen molar-refractivity contribution in [3.8, 4) is 11.5 Å². The normalized spacial score (nSPS) is 21.5. The molecule has 1 aromatic carbocycles. The third kappa shape index (κ3) is 2.62. The minimum atomic E-state index is 0.0815. The molecule has 0 bridgehead atoms. The zero-order chi connectivity index (χ0) is 13.2. The summed E-state index contributed by atoms with van der Waals surface area (Å²) in [5.41, 5.74) is 0.641. The fourth-order valence-electron chi connectivity index (χ4n) is 2.74. The van der Waals surface area contributed by atoms with Crippen LogP contribution in [0.25, 0.3) is 0 Å². The smallest absolute Gasteiger partial charge is 0.231 e. The Labute approximate surface area is 111 Å². The monoisotopic (exact) mass is 260 g/mol. The van der Waals surface area contributed by atoms with E-state index in [-0.39, 0.29) is 24.3 Å². The predicted octanol–water partition coefficient (Wildman–Crippen LogP) is 2.75.